The SMILES string of the molecule is Cc1ccc(C(C)NCc2cnn(C)c2)cc1C. The molecule has 0 bridgehead atoms. The summed E-state index contributed by atoms with van der Waals surface area (Å²) in [6.07, 6.45) is 3.94. The third-order valence-electron chi connectivity index (χ3n) is 3.40. The molecular formula is C15H21N3. The third-order valence-corrected chi connectivity index (χ3v) is 3.40. The van der Waals surface area contributed by atoms with E-state index in [9.17, 15) is 0 Å². The molecule has 1 heterocycles. The van der Waals surface area contributed by atoms with Gasteiger partial charge < -0.3 is 5.32 Å². The Bertz CT molecular complexity index is 528. The second-order valence-corrected chi connectivity index (χ2v) is 4.97. The van der Waals surface area contributed by atoms with Crippen LogP contribution in [-0.2, 0) is 13.6 Å². The zero-order valence-corrected chi connectivity index (χ0v) is 11.6. The summed E-state index contributed by atoms with van der Waals surface area (Å²) < 4.78 is 1.83. The summed E-state index contributed by atoms with van der Waals surface area (Å²) in [5, 5.41) is 7.69. The summed E-state index contributed by atoms with van der Waals surface area (Å²) in [5.41, 5.74) is 5.25. The van der Waals surface area contributed by atoms with Crippen LogP contribution >= 0.6 is 0 Å². The van der Waals surface area contributed by atoms with Crippen molar-refractivity contribution < 1.29 is 0 Å². The van der Waals surface area contributed by atoms with Crippen LogP contribution in [0.4, 0.5) is 0 Å². The van der Waals surface area contributed by atoms with Gasteiger partial charge in [-0.1, -0.05) is 18.2 Å². The van der Waals surface area contributed by atoms with Crippen LogP contribution in [-0.4, -0.2) is 9.78 Å². The number of aromatic nitrogens is 2. The van der Waals surface area contributed by atoms with Gasteiger partial charge in [0.2, 0.25) is 0 Å². The van der Waals surface area contributed by atoms with Gasteiger partial charge >= 0.3 is 0 Å². The Morgan fingerprint density at radius 2 is 2.06 bits per heavy atom. The first kappa shape index (κ1) is 12.8. The topological polar surface area (TPSA) is 29.9 Å². The van der Waals surface area contributed by atoms with Crippen molar-refractivity contribution in [3.63, 3.8) is 0 Å². The van der Waals surface area contributed by atoms with Crippen molar-refractivity contribution in [3.8, 4) is 0 Å². The fourth-order valence-electron chi connectivity index (χ4n) is 1.99. The minimum Gasteiger partial charge on any atom is -0.306 e. The number of nitrogens with zero attached hydrogens (tertiary/aromatic N) is 2. The van der Waals surface area contributed by atoms with Gasteiger partial charge in [-0.25, -0.2) is 0 Å². The molecule has 1 aromatic heterocycles. The Morgan fingerprint density at radius 1 is 1.28 bits per heavy atom. The summed E-state index contributed by atoms with van der Waals surface area (Å²) >= 11 is 0. The van der Waals surface area contributed by atoms with Crippen molar-refractivity contribution in [2.45, 2.75) is 33.4 Å². The van der Waals surface area contributed by atoms with Crippen molar-refractivity contribution in [1.82, 2.24) is 15.1 Å². The van der Waals surface area contributed by atoms with Crippen LogP contribution < -0.4 is 5.32 Å². The van der Waals surface area contributed by atoms with E-state index in [-0.39, 0.29) is 0 Å². The average molecular weight is 243 g/mol. The van der Waals surface area contributed by atoms with Crippen LogP contribution in [0.1, 0.15) is 35.2 Å². The molecule has 0 aliphatic heterocycles. The number of rotatable bonds is 4. The minimum absolute atomic E-state index is 0.351. The molecule has 0 saturated heterocycles. The zero-order chi connectivity index (χ0) is 13.1. The van der Waals surface area contributed by atoms with Crippen LogP contribution in [0.5, 0.6) is 0 Å². The molecule has 0 radical (unpaired) electrons. The monoisotopic (exact) mass is 243 g/mol. The van der Waals surface area contributed by atoms with Crippen LogP contribution in [0.25, 0.3) is 0 Å². The third kappa shape index (κ3) is 2.99. The van der Waals surface area contributed by atoms with E-state index in [1.54, 1.807) is 0 Å². The number of nitrogens with one attached hydrogen (secondary N) is 1. The summed E-state index contributed by atoms with van der Waals surface area (Å²) in [6.45, 7) is 7.35. The molecule has 0 spiro atoms. The number of hydrogen-bond acceptors (Lipinski definition) is 2. The standard InChI is InChI=1S/C15H21N3/c1-11-5-6-15(7-12(11)2)13(3)16-8-14-9-17-18(4)10-14/h5-7,9-10,13,16H,8H2,1-4H3. The maximum atomic E-state index is 4.17. The zero-order valence-electron chi connectivity index (χ0n) is 11.6. The van der Waals surface area contributed by atoms with E-state index >= 15 is 0 Å². The summed E-state index contributed by atoms with van der Waals surface area (Å²) in [4.78, 5) is 0. The lowest BCUT2D eigenvalue weighted by Crippen LogP contribution is -2.18. The number of hydrogen-bond donors (Lipinski definition) is 1. The van der Waals surface area contributed by atoms with Gasteiger partial charge in [0, 0.05) is 31.4 Å². The highest BCUT2D eigenvalue weighted by Crippen LogP contribution is 2.17. The van der Waals surface area contributed by atoms with Gasteiger partial charge in [0.25, 0.3) is 0 Å². The fourth-order valence-corrected chi connectivity index (χ4v) is 1.99. The number of aryl methyl sites for hydroxylation is 3. The normalized spacial score (nSPS) is 12.7. The molecule has 0 aliphatic rings. The Kier molecular flexibility index (Phi) is 3.82. The molecule has 0 aliphatic carbocycles. The van der Waals surface area contributed by atoms with Gasteiger partial charge in [-0.3, -0.25) is 4.68 Å². The van der Waals surface area contributed by atoms with E-state index in [1.165, 1.54) is 22.3 Å². The van der Waals surface area contributed by atoms with Gasteiger partial charge in [-0.05, 0) is 37.5 Å². The molecule has 3 heteroatoms. The van der Waals surface area contributed by atoms with Crippen molar-refractivity contribution in [2.24, 2.45) is 7.05 Å². The molecule has 0 amide bonds. The van der Waals surface area contributed by atoms with E-state index in [4.69, 9.17) is 0 Å². The summed E-state index contributed by atoms with van der Waals surface area (Å²) in [5.74, 6) is 0. The van der Waals surface area contributed by atoms with Gasteiger partial charge in [0.05, 0.1) is 6.20 Å². The van der Waals surface area contributed by atoms with Gasteiger partial charge in [0.15, 0.2) is 0 Å². The largest absolute Gasteiger partial charge is 0.306 e. The molecule has 96 valence electrons. The average Bonchev–Trinajstić information content (AvgIpc) is 2.75. The first-order valence-corrected chi connectivity index (χ1v) is 6.34. The molecular weight excluding hydrogens is 222 g/mol. The Balaban J connectivity index is 1.99. The molecule has 2 rings (SSSR count). The van der Waals surface area contributed by atoms with Crippen molar-refractivity contribution >= 4 is 0 Å². The minimum atomic E-state index is 0.351. The van der Waals surface area contributed by atoms with E-state index in [1.807, 2.05) is 24.1 Å². The molecule has 18 heavy (non-hydrogen) atoms. The molecule has 2 aromatic rings. The first-order valence-electron chi connectivity index (χ1n) is 6.34. The highest BCUT2D eigenvalue weighted by molar-refractivity contribution is 5.31. The maximum absolute atomic E-state index is 4.17. The maximum Gasteiger partial charge on any atom is 0.0534 e. The van der Waals surface area contributed by atoms with Crippen molar-refractivity contribution in [1.29, 1.82) is 0 Å². The Hall–Kier alpha value is -1.61. The molecule has 1 atom stereocenters. The molecule has 1 aromatic carbocycles. The first-order chi connectivity index (χ1) is 8.56. The molecule has 0 saturated carbocycles. The van der Waals surface area contributed by atoms with Crippen molar-refractivity contribution in [2.75, 3.05) is 0 Å². The lowest BCUT2D eigenvalue weighted by atomic mass is 10.0. The quantitative estimate of drug-likeness (QED) is 0.895. The van der Waals surface area contributed by atoms with Gasteiger partial charge in [-0.2, -0.15) is 5.10 Å². The highest BCUT2D eigenvalue weighted by atomic mass is 15.2. The number of benzene rings is 1. The van der Waals surface area contributed by atoms with Crippen LogP contribution in [0.15, 0.2) is 30.6 Å². The Morgan fingerprint density at radius 3 is 2.67 bits per heavy atom. The second-order valence-electron chi connectivity index (χ2n) is 4.97. The van der Waals surface area contributed by atoms with Crippen LogP contribution in [0.2, 0.25) is 0 Å². The van der Waals surface area contributed by atoms with E-state index < -0.39 is 0 Å². The predicted octanol–water partition coefficient (Wildman–Crippen LogP) is 2.89. The predicted molar refractivity (Wildman–Crippen MR) is 74.4 cm³/mol. The van der Waals surface area contributed by atoms with Gasteiger partial charge in [-0.15, -0.1) is 0 Å². The lowest BCUT2D eigenvalue weighted by Gasteiger charge is -2.15. The molecule has 0 fully saturated rings. The second kappa shape index (κ2) is 5.36. The lowest BCUT2D eigenvalue weighted by molar-refractivity contribution is 0.574. The van der Waals surface area contributed by atoms with Gasteiger partial charge in [0.1, 0.15) is 0 Å². The molecule has 1 unspecified atom stereocenters. The highest BCUT2D eigenvalue weighted by Gasteiger charge is 2.06. The van der Waals surface area contributed by atoms with E-state index in [2.05, 4.69) is 49.4 Å². The van der Waals surface area contributed by atoms with Crippen LogP contribution in [0, 0.1) is 13.8 Å². The summed E-state index contributed by atoms with van der Waals surface area (Å²) in [7, 11) is 1.94. The fraction of sp³-hybridized carbons (Fsp3) is 0.400. The van der Waals surface area contributed by atoms with E-state index in [0.29, 0.717) is 6.04 Å². The van der Waals surface area contributed by atoms with Crippen LogP contribution in [0.3, 0.4) is 0 Å². The van der Waals surface area contributed by atoms with E-state index in [0.717, 1.165) is 6.54 Å². The van der Waals surface area contributed by atoms with Crippen molar-refractivity contribution in [3.05, 3.63) is 52.8 Å². The summed E-state index contributed by atoms with van der Waals surface area (Å²) in [6, 6.07) is 7.00. The Labute approximate surface area is 109 Å². The smallest absolute Gasteiger partial charge is 0.0534 e. The molecule has 3 nitrogen and oxygen atoms in total. The molecule has 1 N–H and O–H groups in total.